The maximum atomic E-state index is 9.44. The molecule has 0 saturated heterocycles. The summed E-state index contributed by atoms with van der Waals surface area (Å²) in [5.74, 6) is -2.97. The number of hydrogen-bond donors (Lipinski definition) is 4. The van der Waals surface area contributed by atoms with Crippen molar-refractivity contribution in [2.45, 2.75) is 6.10 Å². The first-order chi connectivity index (χ1) is 8.43. The Bertz CT molecular complexity index is 394. The summed E-state index contributed by atoms with van der Waals surface area (Å²) in [5, 5.41) is 24.2. The highest BCUT2D eigenvalue weighted by molar-refractivity contribution is 6.27. The van der Waals surface area contributed by atoms with Gasteiger partial charge in [0.15, 0.2) is 0 Å². The summed E-state index contributed by atoms with van der Waals surface area (Å²) in [6.07, 6.45) is -0.638. The predicted octanol–water partition coefficient (Wildman–Crippen LogP) is -0.157. The third-order valence-electron chi connectivity index (χ3n) is 1.90. The maximum absolute atomic E-state index is 9.44. The molecular formula is C11H15NO6. The number of ether oxygens (including phenoxy) is 1. The molecule has 1 aromatic carbocycles. The van der Waals surface area contributed by atoms with Crippen LogP contribution in [0.2, 0.25) is 0 Å². The highest BCUT2D eigenvalue weighted by Gasteiger charge is 2.09. The van der Waals surface area contributed by atoms with Gasteiger partial charge < -0.3 is 25.8 Å². The molecule has 0 aliphatic carbocycles. The molecule has 1 unspecified atom stereocenters. The van der Waals surface area contributed by atoms with Crippen LogP contribution in [0.5, 0.6) is 5.75 Å². The minimum atomic E-state index is -1.82. The van der Waals surface area contributed by atoms with Crippen LogP contribution in [0.15, 0.2) is 24.3 Å². The molecule has 0 aliphatic rings. The lowest BCUT2D eigenvalue weighted by Crippen LogP contribution is -2.12. The zero-order chi connectivity index (χ0) is 14.1. The summed E-state index contributed by atoms with van der Waals surface area (Å²) >= 11 is 0. The quantitative estimate of drug-likeness (QED) is 0.553. The number of hydrogen-bond acceptors (Lipinski definition) is 5. The zero-order valence-corrected chi connectivity index (χ0v) is 9.74. The van der Waals surface area contributed by atoms with Gasteiger partial charge in [-0.05, 0) is 6.07 Å². The van der Waals surface area contributed by atoms with Gasteiger partial charge in [-0.1, -0.05) is 18.2 Å². The first-order valence-electron chi connectivity index (χ1n) is 4.91. The van der Waals surface area contributed by atoms with Gasteiger partial charge in [0.25, 0.3) is 0 Å². The third kappa shape index (κ3) is 5.28. The van der Waals surface area contributed by atoms with E-state index in [0.29, 0.717) is 5.75 Å². The number of aliphatic hydroxyl groups excluding tert-OH is 1. The van der Waals surface area contributed by atoms with Gasteiger partial charge in [-0.2, -0.15) is 0 Å². The standard InChI is InChI=1S/C9H13NO2.C2H2O4/c1-12-9-5-3-2-4-7(9)8(11)6-10;3-1(4)2(5)6/h2-5,8,11H,6,10H2,1H3;(H,3,4)(H,5,6). The molecule has 5 N–H and O–H groups in total. The van der Waals surface area contributed by atoms with Crippen LogP contribution in [0.25, 0.3) is 0 Å². The van der Waals surface area contributed by atoms with Crippen molar-refractivity contribution in [2.75, 3.05) is 13.7 Å². The molecular weight excluding hydrogens is 242 g/mol. The van der Waals surface area contributed by atoms with Crippen LogP contribution in [0, 0.1) is 0 Å². The molecule has 1 rings (SSSR count). The summed E-state index contributed by atoms with van der Waals surface area (Å²) < 4.78 is 5.05. The summed E-state index contributed by atoms with van der Waals surface area (Å²) in [4.78, 5) is 18.2. The molecule has 0 heterocycles. The number of aliphatic carboxylic acids is 2. The first-order valence-corrected chi connectivity index (χ1v) is 4.91. The van der Waals surface area contributed by atoms with Crippen molar-refractivity contribution in [2.24, 2.45) is 5.73 Å². The van der Waals surface area contributed by atoms with E-state index >= 15 is 0 Å². The maximum Gasteiger partial charge on any atom is 0.414 e. The van der Waals surface area contributed by atoms with E-state index in [4.69, 9.17) is 30.3 Å². The molecule has 0 saturated carbocycles. The monoisotopic (exact) mass is 257 g/mol. The van der Waals surface area contributed by atoms with E-state index in [2.05, 4.69) is 0 Å². The summed E-state index contributed by atoms with van der Waals surface area (Å²) in [6, 6.07) is 7.30. The van der Waals surface area contributed by atoms with E-state index in [1.54, 1.807) is 19.2 Å². The van der Waals surface area contributed by atoms with Crippen LogP contribution in [0.1, 0.15) is 11.7 Å². The number of rotatable bonds is 3. The molecule has 1 atom stereocenters. The SMILES string of the molecule is COc1ccccc1C(O)CN.O=C(O)C(=O)O. The molecule has 0 bridgehead atoms. The molecule has 7 heteroatoms. The number of benzene rings is 1. The molecule has 0 aliphatic heterocycles. The number of para-hydroxylation sites is 1. The number of nitrogens with two attached hydrogens (primary N) is 1. The second kappa shape index (κ2) is 8.04. The van der Waals surface area contributed by atoms with E-state index in [-0.39, 0.29) is 6.54 Å². The van der Waals surface area contributed by atoms with Crippen molar-refractivity contribution in [3.05, 3.63) is 29.8 Å². The Kier molecular flexibility index (Phi) is 7.10. The van der Waals surface area contributed by atoms with Gasteiger partial charge >= 0.3 is 11.9 Å². The minimum Gasteiger partial charge on any atom is -0.496 e. The van der Waals surface area contributed by atoms with Crippen LogP contribution >= 0.6 is 0 Å². The number of carboxylic acid groups (broad SMARTS) is 2. The van der Waals surface area contributed by atoms with Crippen LogP contribution in [-0.2, 0) is 9.59 Å². The molecule has 0 amide bonds. The molecule has 0 spiro atoms. The molecule has 18 heavy (non-hydrogen) atoms. The topological polar surface area (TPSA) is 130 Å². The number of carbonyl (C=O) groups is 2. The molecule has 0 aromatic heterocycles. The van der Waals surface area contributed by atoms with E-state index in [9.17, 15) is 5.11 Å². The average molecular weight is 257 g/mol. The summed E-state index contributed by atoms with van der Waals surface area (Å²) in [6.45, 7) is 0.209. The van der Waals surface area contributed by atoms with Gasteiger partial charge in [-0.25, -0.2) is 9.59 Å². The lowest BCUT2D eigenvalue weighted by molar-refractivity contribution is -0.159. The summed E-state index contributed by atoms with van der Waals surface area (Å²) in [5.41, 5.74) is 6.06. The zero-order valence-electron chi connectivity index (χ0n) is 9.74. The van der Waals surface area contributed by atoms with Crippen LogP contribution < -0.4 is 10.5 Å². The third-order valence-corrected chi connectivity index (χ3v) is 1.90. The van der Waals surface area contributed by atoms with Gasteiger partial charge in [0.05, 0.1) is 13.2 Å². The van der Waals surface area contributed by atoms with Crippen molar-refractivity contribution in [1.29, 1.82) is 0 Å². The average Bonchev–Trinajstić information content (AvgIpc) is 2.38. The van der Waals surface area contributed by atoms with Crippen molar-refractivity contribution in [3.8, 4) is 5.75 Å². The smallest absolute Gasteiger partial charge is 0.414 e. The Morgan fingerprint density at radius 2 is 1.78 bits per heavy atom. The van der Waals surface area contributed by atoms with Crippen LogP contribution in [-0.4, -0.2) is 40.9 Å². The number of methoxy groups -OCH3 is 1. The van der Waals surface area contributed by atoms with E-state index in [0.717, 1.165) is 5.56 Å². The summed E-state index contributed by atoms with van der Waals surface area (Å²) in [7, 11) is 1.57. The van der Waals surface area contributed by atoms with Crippen molar-refractivity contribution < 1.29 is 29.6 Å². The lowest BCUT2D eigenvalue weighted by Gasteiger charge is -2.11. The molecule has 0 radical (unpaired) electrons. The Hall–Kier alpha value is -2.12. The Morgan fingerprint density at radius 3 is 2.17 bits per heavy atom. The van der Waals surface area contributed by atoms with E-state index in [1.165, 1.54) is 0 Å². The van der Waals surface area contributed by atoms with Crippen molar-refractivity contribution in [3.63, 3.8) is 0 Å². The molecule has 7 nitrogen and oxygen atoms in total. The van der Waals surface area contributed by atoms with Gasteiger partial charge in [0, 0.05) is 12.1 Å². The van der Waals surface area contributed by atoms with Gasteiger partial charge in [-0.3, -0.25) is 0 Å². The number of carboxylic acids is 2. The second-order valence-electron chi connectivity index (χ2n) is 3.10. The lowest BCUT2D eigenvalue weighted by atomic mass is 10.1. The van der Waals surface area contributed by atoms with Gasteiger partial charge in [0.2, 0.25) is 0 Å². The Labute approximate surface area is 103 Å². The highest BCUT2D eigenvalue weighted by Crippen LogP contribution is 2.23. The predicted molar refractivity (Wildman–Crippen MR) is 62.3 cm³/mol. The minimum absolute atomic E-state index is 0.209. The Balaban J connectivity index is 0.000000411. The van der Waals surface area contributed by atoms with Gasteiger partial charge in [0.1, 0.15) is 5.75 Å². The van der Waals surface area contributed by atoms with Gasteiger partial charge in [-0.15, -0.1) is 0 Å². The fourth-order valence-corrected chi connectivity index (χ4v) is 1.07. The molecule has 0 fully saturated rings. The van der Waals surface area contributed by atoms with E-state index in [1.807, 2.05) is 12.1 Å². The van der Waals surface area contributed by atoms with Crippen LogP contribution in [0.4, 0.5) is 0 Å². The van der Waals surface area contributed by atoms with Crippen molar-refractivity contribution in [1.82, 2.24) is 0 Å². The largest absolute Gasteiger partial charge is 0.496 e. The first kappa shape index (κ1) is 15.9. The fraction of sp³-hybridized carbons (Fsp3) is 0.273. The Morgan fingerprint density at radius 1 is 1.28 bits per heavy atom. The molecule has 100 valence electrons. The van der Waals surface area contributed by atoms with Crippen LogP contribution in [0.3, 0.4) is 0 Å². The van der Waals surface area contributed by atoms with Crippen molar-refractivity contribution >= 4 is 11.9 Å². The molecule has 1 aromatic rings. The number of aliphatic hydroxyl groups is 1. The second-order valence-corrected chi connectivity index (χ2v) is 3.10. The highest BCUT2D eigenvalue weighted by atomic mass is 16.5. The normalized spacial score (nSPS) is 10.8. The van der Waals surface area contributed by atoms with E-state index < -0.39 is 18.0 Å². The fourth-order valence-electron chi connectivity index (χ4n) is 1.07.